The van der Waals surface area contributed by atoms with Gasteiger partial charge in [-0.15, -0.1) is 10.2 Å². The van der Waals surface area contributed by atoms with Gasteiger partial charge in [0.2, 0.25) is 0 Å². The molecule has 4 aromatic rings. The number of piperidine rings is 1. The predicted molar refractivity (Wildman–Crippen MR) is 134 cm³/mol. The lowest BCUT2D eigenvalue weighted by atomic mass is 9.99. The second-order valence-corrected chi connectivity index (χ2v) is 9.82. The van der Waals surface area contributed by atoms with E-state index in [0.29, 0.717) is 5.56 Å². The monoisotopic (exact) mass is 457 g/mol. The molecule has 0 bridgehead atoms. The fraction of sp³-hybridized carbons (Fsp3) is 0.308. The van der Waals surface area contributed by atoms with Crippen LogP contribution in [0.3, 0.4) is 0 Å². The molecule has 1 fully saturated rings. The fourth-order valence-corrected chi connectivity index (χ4v) is 5.27. The Kier molecular flexibility index (Phi) is 5.91. The number of aromatic nitrogens is 3. The maximum absolute atomic E-state index is 14.0. The van der Waals surface area contributed by atoms with Gasteiger partial charge in [-0.2, -0.15) is 0 Å². The summed E-state index contributed by atoms with van der Waals surface area (Å²) in [5, 5.41) is 15.8. The Labute approximate surface area is 197 Å². The lowest BCUT2D eigenvalue weighted by Gasteiger charge is -2.35. The molecule has 33 heavy (non-hydrogen) atoms. The van der Waals surface area contributed by atoms with Crippen molar-refractivity contribution in [3.05, 3.63) is 70.4 Å². The Bertz CT molecular complexity index is 1310. The van der Waals surface area contributed by atoms with Crippen molar-refractivity contribution in [1.82, 2.24) is 20.5 Å². The second-order valence-electron chi connectivity index (χ2n) is 8.64. The molecule has 0 unspecified atom stereocenters. The number of carbonyl (C=O) groups is 1. The summed E-state index contributed by atoms with van der Waals surface area (Å²) in [7, 11) is 0. The molecule has 1 N–H and O–H groups in total. The standard InChI is InChI=1S/C26H27N5OS/c1-16-6-7-17(2)23-22(16)12-14-28-24(23)31(21-5-4-13-27-15-21)26(32)20-10-8-19(9-11-20)25-30-29-18(3)33-25/h6-12,14,21,27H,4-5,13,15H2,1-3H3/t21-/m1/s1. The quantitative estimate of drug-likeness (QED) is 0.463. The van der Waals surface area contributed by atoms with Gasteiger partial charge in [0.1, 0.15) is 15.8 Å². The highest BCUT2D eigenvalue weighted by Crippen LogP contribution is 2.33. The highest BCUT2D eigenvalue weighted by atomic mass is 32.1. The summed E-state index contributed by atoms with van der Waals surface area (Å²) in [6, 6.07) is 14.0. The highest BCUT2D eigenvalue weighted by molar-refractivity contribution is 7.14. The van der Waals surface area contributed by atoms with E-state index in [1.807, 2.05) is 48.4 Å². The van der Waals surface area contributed by atoms with Crippen LogP contribution in [0.15, 0.2) is 48.7 Å². The Morgan fingerprint density at radius 3 is 2.52 bits per heavy atom. The summed E-state index contributed by atoms with van der Waals surface area (Å²) in [4.78, 5) is 20.7. The van der Waals surface area contributed by atoms with Crippen molar-refractivity contribution in [2.75, 3.05) is 18.0 Å². The van der Waals surface area contributed by atoms with E-state index < -0.39 is 0 Å². The van der Waals surface area contributed by atoms with E-state index in [4.69, 9.17) is 4.98 Å². The van der Waals surface area contributed by atoms with Crippen molar-refractivity contribution in [2.45, 2.75) is 39.7 Å². The molecule has 7 heteroatoms. The van der Waals surface area contributed by atoms with Crippen molar-refractivity contribution >= 4 is 33.8 Å². The first kappa shape index (κ1) is 21.7. The molecule has 3 heterocycles. The van der Waals surface area contributed by atoms with Crippen molar-refractivity contribution in [3.8, 4) is 10.6 Å². The van der Waals surface area contributed by atoms with E-state index >= 15 is 0 Å². The number of rotatable bonds is 4. The zero-order valence-corrected chi connectivity index (χ0v) is 19.9. The van der Waals surface area contributed by atoms with Crippen LogP contribution in [-0.4, -0.2) is 40.2 Å². The minimum atomic E-state index is -0.0235. The predicted octanol–water partition coefficient (Wildman–Crippen LogP) is 5.08. The number of amides is 1. The maximum atomic E-state index is 14.0. The van der Waals surface area contributed by atoms with Crippen LogP contribution in [0.2, 0.25) is 0 Å². The van der Waals surface area contributed by atoms with Crippen molar-refractivity contribution < 1.29 is 4.79 Å². The number of anilines is 1. The molecule has 2 aromatic carbocycles. The van der Waals surface area contributed by atoms with Gasteiger partial charge in [0, 0.05) is 29.3 Å². The first-order valence-electron chi connectivity index (χ1n) is 11.3. The Morgan fingerprint density at radius 1 is 1.03 bits per heavy atom. The minimum Gasteiger partial charge on any atom is -0.315 e. The number of nitrogens with one attached hydrogen (secondary N) is 1. The number of hydrogen-bond acceptors (Lipinski definition) is 6. The van der Waals surface area contributed by atoms with E-state index in [1.165, 1.54) is 5.56 Å². The summed E-state index contributed by atoms with van der Waals surface area (Å²) >= 11 is 1.55. The molecule has 1 amide bonds. The third kappa shape index (κ3) is 4.14. The third-order valence-electron chi connectivity index (χ3n) is 6.32. The van der Waals surface area contributed by atoms with Crippen LogP contribution in [-0.2, 0) is 0 Å². The van der Waals surface area contributed by atoms with Crippen molar-refractivity contribution in [3.63, 3.8) is 0 Å². The topological polar surface area (TPSA) is 71.0 Å². The summed E-state index contributed by atoms with van der Waals surface area (Å²) < 4.78 is 0. The number of carbonyl (C=O) groups excluding carboxylic acids is 1. The molecule has 2 aromatic heterocycles. The SMILES string of the molecule is Cc1nnc(-c2ccc(C(=O)N(c3nccc4c(C)ccc(C)c34)[C@@H]3CCCNC3)cc2)s1. The molecular weight excluding hydrogens is 430 g/mol. The first-order chi connectivity index (χ1) is 16.0. The molecule has 0 radical (unpaired) electrons. The Hall–Kier alpha value is -3.16. The number of pyridine rings is 1. The molecule has 0 spiro atoms. The van der Waals surface area contributed by atoms with Gasteiger partial charge in [-0.05, 0) is 74.9 Å². The maximum Gasteiger partial charge on any atom is 0.259 e. The number of fused-ring (bicyclic) bond motifs is 1. The van der Waals surface area contributed by atoms with Crippen molar-refractivity contribution in [1.29, 1.82) is 0 Å². The van der Waals surface area contributed by atoms with Crippen LogP contribution in [0.5, 0.6) is 0 Å². The average molecular weight is 458 g/mol. The van der Waals surface area contributed by atoms with Crippen LogP contribution in [0, 0.1) is 20.8 Å². The third-order valence-corrected chi connectivity index (χ3v) is 7.21. The summed E-state index contributed by atoms with van der Waals surface area (Å²) in [6.07, 6.45) is 3.80. The van der Waals surface area contributed by atoms with Gasteiger partial charge in [-0.3, -0.25) is 9.69 Å². The van der Waals surface area contributed by atoms with Crippen LogP contribution < -0.4 is 10.2 Å². The van der Waals surface area contributed by atoms with Gasteiger partial charge in [-0.1, -0.05) is 35.6 Å². The smallest absolute Gasteiger partial charge is 0.259 e. The van der Waals surface area contributed by atoms with Gasteiger partial charge in [0.05, 0.1) is 6.04 Å². The summed E-state index contributed by atoms with van der Waals surface area (Å²) in [5.41, 5.74) is 3.93. The zero-order chi connectivity index (χ0) is 22.9. The van der Waals surface area contributed by atoms with E-state index in [-0.39, 0.29) is 11.9 Å². The van der Waals surface area contributed by atoms with E-state index in [0.717, 1.165) is 63.7 Å². The molecule has 1 atom stereocenters. The van der Waals surface area contributed by atoms with Crippen LogP contribution in [0.4, 0.5) is 5.82 Å². The molecule has 168 valence electrons. The summed E-state index contributed by atoms with van der Waals surface area (Å²) in [5.74, 6) is 0.723. The van der Waals surface area contributed by atoms with Gasteiger partial charge in [-0.25, -0.2) is 4.98 Å². The number of benzene rings is 2. The minimum absolute atomic E-state index is 0.0235. The van der Waals surface area contributed by atoms with Gasteiger partial charge in [0.25, 0.3) is 5.91 Å². The largest absolute Gasteiger partial charge is 0.315 e. The Balaban J connectivity index is 1.59. The van der Waals surface area contributed by atoms with Gasteiger partial charge >= 0.3 is 0 Å². The lowest BCUT2D eigenvalue weighted by Crippen LogP contribution is -2.49. The molecule has 6 nitrogen and oxygen atoms in total. The Morgan fingerprint density at radius 2 is 1.82 bits per heavy atom. The van der Waals surface area contributed by atoms with E-state index in [9.17, 15) is 4.79 Å². The molecule has 1 aliphatic rings. The van der Waals surface area contributed by atoms with Crippen molar-refractivity contribution in [2.24, 2.45) is 0 Å². The highest BCUT2D eigenvalue weighted by Gasteiger charge is 2.30. The van der Waals surface area contributed by atoms with E-state index in [2.05, 4.69) is 41.5 Å². The number of hydrogen-bond donors (Lipinski definition) is 1. The van der Waals surface area contributed by atoms with Crippen LogP contribution in [0.1, 0.15) is 39.3 Å². The number of aryl methyl sites for hydroxylation is 3. The van der Waals surface area contributed by atoms with E-state index in [1.54, 1.807) is 11.3 Å². The lowest BCUT2D eigenvalue weighted by molar-refractivity contribution is 0.0972. The summed E-state index contributed by atoms with van der Waals surface area (Å²) in [6.45, 7) is 7.88. The van der Waals surface area contributed by atoms with Gasteiger partial charge < -0.3 is 5.32 Å². The second kappa shape index (κ2) is 9.00. The normalized spacial score (nSPS) is 16.2. The molecular formula is C26H27N5OS. The van der Waals surface area contributed by atoms with Crippen LogP contribution >= 0.6 is 11.3 Å². The molecule has 1 aliphatic heterocycles. The molecule has 0 saturated carbocycles. The molecule has 1 saturated heterocycles. The number of nitrogens with zero attached hydrogens (tertiary/aromatic N) is 4. The molecule has 5 rings (SSSR count). The van der Waals surface area contributed by atoms with Crippen LogP contribution in [0.25, 0.3) is 21.3 Å². The fourth-order valence-electron chi connectivity index (χ4n) is 4.57. The van der Waals surface area contributed by atoms with Gasteiger partial charge in [0.15, 0.2) is 0 Å². The molecule has 0 aliphatic carbocycles. The average Bonchev–Trinajstić information content (AvgIpc) is 3.29. The first-order valence-corrected chi connectivity index (χ1v) is 12.1. The zero-order valence-electron chi connectivity index (χ0n) is 19.1.